The van der Waals surface area contributed by atoms with Crippen molar-refractivity contribution in [3.8, 4) is 11.1 Å². The van der Waals surface area contributed by atoms with Gasteiger partial charge in [0.1, 0.15) is 5.37 Å². The van der Waals surface area contributed by atoms with Crippen LogP contribution >= 0.6 is 0 Å². The third-order valence-electron chi connectivity index (χ3n) is 3.73. The molecule has 0 bridgehead atoms. The summed E-state index contributed by atoms with van der Waals surface area (Å²) in [6, 6.07) is 13.2. The molecule has 0 amide bonds. The summed E-state index contributed by atoms with van der Waals surface area (Å²) >= 11 is 0. The topological polar surface area (TPSA) is 97.5 Å². The fourth-order valence-corrected chi connectivity index (χ4v) is 3.51. The molecule has 6 heteroatoms. The van der Waals surface area contributed by atoms with Crippen LogP contribution in [0, 0.1) is 0 Å². The molecule has 2 aromatic carbocycles. The zero-order valence-corrected chi connectivity index (χ0v) is 13.7. The zero-order chi connectivity index (χ0) is 17.2. The number of carboxylic acid groups (broad SMARTS) is 1. The van der Waals surface area contributed by atoms with Crippen LogP contribution in [0.25, 0.3) is 11.1 Å². The van der Waals surface area contributed by atoms with Gasteiger partial charge in [0.2, 0.25) is 0 Å². The Kier molecular flexibility index (Phi) is 4.87. The summed E-state index contributed by atoms with van der Waals surface area (Å²) in [5.74, 6) is -1.07. The Morgan fingerprint density at radius 3 is 2.09 bits per heavy atom. The molecule has 1 atom stereocenters. The standard InChI is InChI=1S/C17H19NO4S/c1-11(2)23(21,22)16(18)14-9-5-3-7-12(14)13-8-4-6-10-15(13)17(19)20/h3-11,16H,18H2,1-2H3,(H,19,20). The van der Waals surface area contributed by atoms with Crippen molar-refractivity contribution in [3.63, 3.8) is 0 Å². The molecule has 0 radical (unpaired) electrons. The first-order valence-corrected chi connectivity index (χ1v) is 8.77. The number of nitrogens with two attached hydrogens (primary N) is 1. The number of carboxylic acids is 1. The maximum atomic E-state index is 12.4. The van der Waals surface area contributed by atoms with Crippen LogP contribution in [0.2, 0.25) is 0 Å². The Balaban J connectivity index is 2.67. The van der Waals surface area contributed by atoms with Crippen molar-refractivity contribution in [3.05, 3.63) is 59.7 Å². The molecule has 0 aliphatic rings. The van der Waals surface area contributed by atoms with Crippen LogP contribution in [0.4, 0.5) is 0 Å². The van der Waals surface area contributed by atoms with Crippen molar-refractivity contribution in [2.24, 2.45) is 5.73 Å². The first-order chi connectivity index (χ1) is 10.8. The van der Waals surface area contributed by atoms with E-state index in [0.717, 1.165) is 0 Å². The number of rotatable bonds is 5. The number of hydrogen-bond donors (Lipinski definition) is 2. The fraction of sp³-hybridized carbons (Fsp3) is 0.235. The normalized spacial score (nSPS) is 13.0. The molecule has 122 valence electrons. The second kappa shape index (κ2) is 6.52. The van der Waals surface area contributed by atoms with E-state index in [1.165, 1.54) is 6.07 Å². The van der Waals surface area contributed by atoms with Crippen LogP contribution in [0.15, 0.2) is 48.5 Å². The molecule has 2 rings (SSSR count). The molecule has 0 aliphatic heterocycles. The second-order valence-corrected chi connectivity index (χ2v) is 8.13. The van der Waals surface area contributed by atoms with Crippen molar-refractivity contribution in [2.45, 2.75) is 24.5 Å². The number of benzene rings is 2. The highest BCUT2D eigenvalue weighted by Gasteiger charge is 2.29. The van der Waals surface area contributed by atoms with Gasteiger partial charge in [-0.05, 0) is 36.6 Å². The van der Waals surface area contributed by atoms with E-state index in [-0.39, 0.29) is 5.56 Å². The molecule has 2 aromatic rings. The lowest BCUT2D eigenvalue weighted by Gasteiger charge is -2.20. The maximum absolute atomic E-state index is 12.4. The van der Waals surface area contributed by atoms with E-state index in [1.54, 1.807) is 56.3 Å². The van der Waals surface area contributed by atoms with Gasteiger partial charge in [0.25, 0.3) is 0 Å². The highest BCUT2D eigenvalue weighted by atomic mass is 32.2. The fourth-order valence-electron chi connectivity index (χ4n) is 2.37. The van der Waals surface area contributed by atoms with Crippen molar-refractivity contribution >= 4 is 15.8 Å². The van der Waals surface area contributed by atoms with Gasteiger partial charge in [0.05, 0.1) is 10.8 Å². The molecular formula is C17H19NO4S. The molecule has 1 unspecified atom stereocenters. The lowest BCUT2D eigenvalue weighted by atomic mass is 9.95. The van der Waals surface area contributed by atoms with Gasteiger partial charge in [-0.1, -0.05) is 42.5 Å². The molecule has 23 heavy (non-hydrogen) atoms. The summed E-state index contributed by atoms with van der Waals surface area (Å²) in [6.07, 6.45) is 0. The van der Waals surface area contributed by atoms with Gasteiger partial charge in [-0.2, -0.15) is 0 Å². The van der Waals surface area contributed by atoms with Gasteiger partial charge in [-0.3, -0.25) is 0 Å². The van der Waals surface area contributed by atoms with Gasteiger partial charge in [-0.25, -0.2) is 13.2 Å². The van der Waals surface area contributed by atoms with E-state index in [2.05, 4.69) is 0 Å². The summed E-state index contributed by atoms with van der Waals surface area (Å²) in [5, 5.41) is 7.52. The molecule has 0 saturated carbocycles. The number of sulfone groups is 1. The van der Waals surface area contributed by atoms with Gasteiger partial charge >= 0.3 is 5.97 Å². The van der Waals surface area contributed by atoms with E-state index in [0.29, 0.717) is 16.7 Å². The summed E-state index contributed by atoms with van der Waals surface area (Å²) in [4.78, 5) is 11.4. The Hall–Kier alpha value is -2.18. The van der Waals surface area contributed by atoms with E-state index < -0.39 is 26.4 Å². The van der Waals surface area contributed by atoms with Gasteiger partial charge in [0.15, 0.2) is 9.84 Å². The highest BCUT2D eigenvalue weighted by Crippen LogP contribution is 2.33. The molecule has 0 aromatic heterocycles. The molecule has 0 saturated heterocycles. The Morgan fingerprint density at radius 2 is 1.52 bits per heavy atom. The molecule has 0 aliphatic carbocycles. The van der Waals surface area contributed by atoms with Gasteiger partial charge in [-0.15, -0.1) is 0 Å². The van der Waals surface area contributed by atoms with Gasteiger partial charge in [0, 0.05) is 0 Å². The summed E-state index contributed by atoms with van der Waals surface area (Å²) in [7, 11) is -3.56. The number of carbonyl (C=O) groups is 1. The third kappa shape index (κ3) is 3.28. The molecule has 0 spiro atoms. The average molecular weight is 333 g/mol. The van der Waals surface area contributed by atoms with E-state index in [9.17, 15) is 18.3 Å². The smallest absolute Gasteiger partial charge is 0.336 e. The SMILES string of the molecule is CC(C)S(=O)(=O)C(N)c1ccccc1-c1ccccc1C(=O)O. The Labute approximate surface area is 135 Å². The molecule has 3 N–H and O–H groups in total. The van der Waals surface area contributed by atoms with Crippen LogP contribution in [-0.4, -0.2) is 24.7 Å². The molecule has 0 fully saturated rings. The van der Waals surface area contributed by atoms with Crippen molar-refractivity contribution in [1.29, 1.82) is 0 Å². The van der Waals surface area contributed by atoms with Crippen LogP contribution in [0.5, 0.6) is 0 Å². The van der Waals surface area contributed by atoms with Crippen LogP contribution < -0.4 is 5.73 Å². The minimum Gasteiger partial charge on any atom is -0.478 e. The summed E-state index contributed by atoms with van der Waals surface area (Å²) in [5.41, 5.74) is 7.47. The summed E-state index contributed by atoms with van der Waals surface area (Å²) < 4.78 is 24.8. The van der Waals surface area contributed by atoms with Crippen molar-refractivity contribution in [2.75, 3.05) is 0 Å². The maximum Gasteiger partial charge on any atom is 0.336 e. The zero-order valence-electron chi connectivity index (χ0n) is 12.9. The van der Waals surface area contributed by atoms with Crippen LogP contribution in [0.1, 0.15) is 35.1 Å². The quantitative estimate of drug-likeness (QED) is 0.877. The average Bonchev–Trinajstić information content (AvgIpc) is 2.53. The molecule has 5 nitrogen and oxygen atoms in total. The van der Waals surface area contributed by atoms with E-state index in [1.807, 2.05) is 0 Å². The summed E-state index contributed by atoms with van der Waals surface area (Å²) in [6.45, 7) is 3.14. The minimum absolute atomic E-state index is 0.106. The minimum atomic E-state index is -3.56. The monoisotopic (exact) mass is 333 g/mol. The third-order valence-corrected chi connectivity index (χ3v) is 6.00. The number of aromatic carboxylic acids is 1. The van der Waals surface area contributed by atoms with Crippen LogP contribution in [0.3, 0.4) is 0 Å². The lowest BCUT2D eigenvalue weighted by molar-refractivity contribution is 0.0697. The first-order valence-electron chi connectivity index (χ1n) is 7.16. The van der Waals surface area contributed by atoms with Crippen molar-refractivity contribution < 1.29 is 18.3 Å². The highest BCUT2D eigenvalue weighted by molar-refractivity contribution is 7.92. The second-order valence-electron chi connectivity index (χ2n) is 5.50. The van der Waals surface area contributed by atoms with E-state index in [4.69, 9.17) is 5.73 Å². The predicted octanol–water partition coefficient (Wildman–Crippen LogP) is 2.83. The lowest BCUT2D eigenvalue weighted by Crippen LogP contribution is -2.28. The Morgan fingerprint density at radius 1 is 1.00 bits per heavy atom. The largest absolute Gasteiger partial charge is 0.478 e. The first kappa shape index (κ1) is 17.2. The number of hydrogen-bond acceptors (Lipinski definition) is 4. The van der Waals surface area contributed by atoms with Crippen LogP contribution in [-0.2, 0) is 9.84 Å². The predicted molar refractivity (Wildman–Crippen MR) is 89.8 cm³/mol. The molecular weight excluding hydrogens is 314 g/mol. The Bertz CT molecular complexity index is 828. The van der Waals surface area contributed by atoms with E-state index >= 15 is 0 Å². The van der Waals surface area contributed by atoms with Crippen molar-refractivity contribution in [1.82, 2.24) is 0 Å². The molecule has 0 heterocycles. The van der Waals surface area contributed by atoms with Gasteiger partial charge < -0.3 is 10.8 Å².